The summed E-state index contributed by atoms with van der Waals surface area (Å²) in [6.45, 7) is 0. The van der Waals surface area contributed by atoms with Crippen LogP contribution in [-0.4, -0.2) is 23.3 Å². The van der Waals surface area contributed by atoms with Crippen LogP contribution < -0.4 is 10.2 Å². The largest absolute Gasteiger partial charge is 0.862 e. The molecule has 0 radical (unpaired) electrons. The molecule has 0 aromatic heterocycles. The van der Waals surface area contributed by atoms with E-state index in [4.69, 9.17) is 10.8 Å². The van der Waals surface area contributed by atoms with E-state index in [1.54, 1.807) is 0 Å². The van der Waals surface area contributed by atoms with Crippen LogP contribution in [0.1, 0.15) is 12.8 Å². The summed E-state index contributed by atoms with van der Waals surface area (Å²) in [5.74, 6) is 0.109. The molecule has 0 heterocycles. The molecule has 0 amide bonds. The highest BCUT2D eigenvalue weighted by atomic mass is 33.1. The molecule has 0 aliphatic carbocycles. The predicted molar refractivity (Wildman–Crippen MR) is 49.6 cm³/mol. The van der Waals surface area contributed by atoms with E-state index in [-0.39, 0.29) is 12.8 Å². The number of nitrogens with one attached hydrogen (secondary N) is 2. The first-order valence-corrected chi connectivity index (χ1v) is 5.85. The van der Waals surface area contributed by atoms with E-state index >= 15 is 0 Å². The Kier molecular flexibility index (Phi) is 7.08. The Bertz CT molecular complexity index is 146. The fraction of sp³-hybridized carbons (Fsp3) is 0.667. The topological polar surface area (TPSA) is 93.8 Å². The number of hydrogen-bond acceptors (Lipinski definition) is 6. The second-order valence-electron chi connectivity index (χ2n) is 1.99. The summed E-state index contributed by atoms with van der Waals surface area (Å²) < 4.78 is 0. The molecule has 0 fully saturated rings. The molecule has 70 valence electrons. The molecule has 0 atom stereocenters. The average Bonchev–Trinajstić information content (AvgIpc) is 1.95. The maximum atomic E-state index is 10.1. The molecule has 0 aliphatic heterocycles. The standard InChI is InChI=1S/C6H12N2O2S2/c7-5(9)1-3-11-12-4-2-6(8)10/h1-4H2,(H2,7,9)(H2,8,10)/p-2. The van der Waals surface area contributed by atoms with Gasteiger partial charge >= 0.3 is 0 Å². The van der Waals surface area contributed by atoms with Crippen molar-refractivity contribution in [2.75, 3.05) is 11.5 Å². The molecule has 0 aromatic rings. The molecule has 0 aromatic carbocycles. The van der Waals surface area contributed by atoms with Crippen LogP contribution in [0.3, 0.4) is 0 Å². The molecule has 0 rings (SSSR count). The molecular weight excluding hydrogens is 196 g/mol. The molecule has 0 saturated heterocycles. The van der Waals surface area contributed by atoms with Crippen molar-refractivity contribution in [1.29, 1.82) is 10.8 Å². The summed E-state index contributed by atoms with van der Waals surface area (Å²) in [4.78, 5) is 0. The molecule has 4 nitrogen and oxygen atoms in total. The van der Waals surface area contributed by atoms with Crippen molar-refractivity contribution < 1.29 is 10.2 Å². The minimum Gasteiger partial charge on any atom is -0.862 e. The monoisotopic (exact) mass is 206 g/mol. The lowest BCUT2D eigenvalue weighted by atomic mass is 10.5. The first-order chi connectivity index (χ1) is 5.63. The second kappa shape index (κ2) is 7.30. The first-order valence-electron chi connectivity index (χ1n) is 3.36. The predicted octanol–water partition coefficient (Wildman–Crippen LogP) is -0.177. The van der Waals surface area contributed by atoms with Crippen molar-refractivity contribution >= 4 is 33.4 Å². The third-order valence-electron chi connectivity index (χ3n) is 0.908. The van der Waals surface area contributed by atoms with E-state index in [9.17, 15) is 10.2 Å². The summed E-state index contributed by atoms with van der Waals surface area (Å²) in [7, 11) is 2.93. The van der Waals surface area contributed by atoms with E-state index in [1.807, 2.05) is 0 Å². The van der Waals surface area contributed by atoms with Gasteiger partial charge in [0.15, 0.2) is 0 Å². The highest BCUT2D eigenvalue weighted by Crippen LogP contribution is 2.22. The van der Waals surface area contributed by atoms with Gasteiger partial charge in [0.25, 0.3) is 0 Å². The van der Waals surface area contributed by atoms with Crippen LogP contribution in [0.4, 0.5) is 0 Å². The Balaban J connectivity index is 3.01. The lowest BCUT2D eigenvalue weighted by molar-refractivity contribution is -0.220. The van der Waals surface area contributed by atoms with Crippen molar-refractivity contribution in [2.45, 2.75) is 12.8 Å². The minimum absolute atomic E-state index is 0.256. The fourth-order valence-electron chi connectivity index (χ4n) is 0.387. The Morgan fingerprint density at radius 1 is 0.917 bits per heavy atom. The molecule has 2 N–H and O–H groups in total. The molecule has 6 heteroatoms. The average molecular weight is 206 g/mol. The molecule has 0 bridgehead atoms. The Hall–Kier alpha value is -0.360. The third-order valence-corrected chi connectivity index (χ3v) is 3.32. The summed E-state index contributed by atoms with van der Waals surface area (Å²) in [6.07, 6.45) is 0.513. The summed E-state index contributed by atoms with van der Waals surface area (Å²) in [5.41, 5.74) is 0. The van der Waals surface area contributed by atoms with Gasteiger partial charge in [0, 0.05) is 11.5 Å². The highest BCUT2D eigenvalue weighted by Gasteiger charge is 1.90. The second-order valence-corrected chi connectivity index (χ2v) is 4.69. The van der Waals surface area contributed by atoms with E-state index in [0.717, 1.165) is 0 Å². The number of hydrogen-bond donors (Lipinski definition) is 2. The zero-order chi connectivity index (χ0) is 9.40. The van der Waals surface area contributed by atoms with Gasteiger partial charge in [-0.15, -0.1) is 0 Å². The normalized spacial score (nSPS) is 9.67. The number of rotatable bonds is 7. The van der Waals surface area contributed by atoms with Crippen LogP contribution in [0.5, 0.6) is 0 Å². The molecule has 0 saturated carbocycles. The smallest absolute Gasteiger partial charge is 0.00803 e. The third kappa shape index (κ3) is 9.64. The maximum absolute atomic E-state index is 10.1. The van der Waals surface area contributed by atoms with Crippen LogP contribution >= 0.6 is 21.6 Å². The van der Waals surface area contributed by atoms with Crippen molar-refractivity contribution in [3.63, 3.8) is 0 Å². The molecule has 0 spiro atoms. The quantitative estimate of drug-likeness (QED) is 0.261. The lowest BCUT2D eigenvalue weighted by Gasteiger charge is -2.07. The maximum Gasteiger partial charge on any atom is 0.00803 e. The highest BCUT2D eigenvalue weighted by molar-refractivity contribution is 8.76. The minimum atomic E-state index is -0.556. The van der Waals surface area contributed by atoms with Crippen LogP contribution in [-0.2, 0) is 0 Å². The van der Waals surface area contributed by atoms with Gasteiger partial charge in [-0.3, -0.25) is 0 Å². The molecule has 0 aliphatic rings. The van der Waals surface area contributed by atoms with Gasteiger partial charge in [0.2, 0.25) is 0 Å². The van der Waals surface area contributed by atoms with E-state index < -0.39 is 11.8 Å². The van der Waals surface area contributed by atoms with Crippen LogP contribution in [0, 0.1) is 10.8 Å². The SMILES string of the molecule is N=C([O-])CCSSCCC(=N)[O-]. The van der Waals surface area contributed by atoms with Crippen LogP contribution in [0.2, 0.25) is 0 Å². The Morgan fingerprint density at radius 2 is 1.25 bits per heavy atom. The Labute approximate surface area is 79.2 Å². The van der Waals surface area contributed by atoms with Crippen molar-refractivity contribution in [3.05, 3.63) is 0 Å². The van der Waals surface area contributed by atoms with Crippen LogP contribution in [0.15, 0.2) is 0 Å². The summed E-state index contributed by atoms with van der Waals surface area (Å²) >= 11 is 0. The van der Waals surface area contributed by atoms with Crippen LogP contribution in [0.25, 0.3) is 0 Å². The molecule has 0 unspecified atom stereocenters. The zero-order valence-electron chi connectivity index (χ0n) is 6.46. The van der Waals surface area contributed by atoms with Gasteiger partial charge in [0.1, 0.15) is 0 Å². The fourth-order valence-corrected chi connectivity index (χ4v) is 2.37. The molecule has 12 heavy (non-hydrogen) atoms. The zero-order valence-corrected chi connectivity index (χ0v) is 8.09. The van der Waals surface area contributed by atoms with E-state index in [2.05, 4.69) is 0 Å². The van der Waals surface area contributed by atoms with Gasteiger partial charge in [-0.1, -0.05) is 21.6 Å². The Morgan fingerprint density at radius 3 is 1.50 bits per heavy atom. The van der Waals surface area contributed by atoms with Gasteiger partial charge < -0.3 is 21.0 Å². The van der Waals surface area contributed by atoms with Gasteiger partial charge in [-0.2, -0.15) is 0 Å². The van der Waals surface area contributed by atoms with Crippen molar-refractivity contribution in [2.24, 2.45) is 0 Å². The molecular formula is C6H10N2O2S2-2. The summed E-state index contributed by atoms with van der Waals surface area (Å²) in [5, 5.41) is 33.5. The van der Waals surface area contributed by atoms with E-state index in [1.165, 1.54) is 21.6 Å². The first kappa shape index (κ1) is 11.6. The van der Waals surface area contributed by atoms with Gasteiger partial charge in [-0.05, 0) is 24.6 Å². The van der Waals surface area contributed by atoms with Crippen molar-refractivity contribution in [1.82, 2.24) is 0 Å². The lowest BCUT2D eigenvalue weighted by Crippen LogP contribution is -2.16. The summed E-state index contributed by atoms with van der Waals surface area (Å²) in [6, 6.07) is 0. The van der Waals surface area contributed by atoms with Gasteiger partial charge in [-0.25, -0.2) is 0 Å². The van der Waals surface area contributed by atoms with Gasteiger partial charge in [0.05, 0.1) is 0 Å². The van der Waals surface area contributed by atoms with Crippen molar-refractivity contribution in [3.8, 4) is 0 Å². The van der Waals surface area contributed by atoms with E-state index in [0.29, 0.717) is 11.5 Å².